The van der Waals surface area contributed by atoms with Gasteiger partial charge in [0.05, 0.1) is 16.8 Å². The van der Waals surface area contributed by atoms with Crippen LogP contribution in [0.5, 0.6) is 0 Å². The van der Waals surface area contributed by atoms with E-state index < -0.39 is 0 Å². The van der Waals surface area contributed by atoms with Gasteiger partial charge in [0.1, 0.15) is 4.83 Å². The van der Waals surface area contributed by atoms with Crippen LogP contribution in [0, 0.1) is 19.8 Å². The molecule has 31 heavy (non-hydrogen) atoms. The van der Waals surface area contributed by atoms with Gasteiger partial charge in [0.15, 0.2) is 16.7 Å². The SMILES string of the molecule is CCn1c(SCC(=O)c2[nH]c(C)c(C(C)=O)c2C)nc2sc3c(c2c1=O)CC[C@H](C)C3. The van der Waals surface area contributed by atoms with E-state index in [2.05, 4.69) is 11.9 Å². The van der Waals surface area contributed by atoms with Crippen LogP contribution in [0.2, 0.25) is 0 Å². The van der Waals surface area contributed by atoms with Crippen LogP contribution in [0.15, 0.2) is 9.95 Å². The fraction of sp³-hybridized carbons (Fsp3) is 0.478. The van der Waals surface area contributed by atoms with Gasteiger partial charge in [0.25, 0.3) is 5.56 Å². The molecular weight excluding hydrogens is 430 g/mol. The molecular formula is C23H27N3O3S2. The Hall–Kier alpha value is -2.19. The minimum atomic E-state index is -0.102. The Balaban J connectivity index is 1.66. The van der Waals surface area contributed by atoms with Crippen LogP contribution in [0.25, 0.3) is 10.2 Å². The highest BCUT2D eigenvalue weighted by Gasteiger charge is 2.25. The molecule has 0 aromatic carbocycles. The van der Waals surface area contributed by atoms with E-state index in [0.29, 0.717) is 40.1 Å². The number of rotatable bonds is 6. The lowest BCUT2D eigenvalue weighted by Crippen LogP contribution is -2.23. The van der Waals surface area contributed by atoms with Gasteiger partial charge in [-0.1, -0.05) is 18.7 Å². The van der Waals surface area contributed by atoms with Crippen LogP contribution in [-0.2, 0) is 19.4 Å². The van der Waals surface area contributed by atoms with E-state index >= 15 is 0 Å². The molecule has 0 unspecified atom stereocenters. The molecule has 1 aliphatic carbocycles. The Morgan fingerprint density at radius 1 is 1.32 bits per heavy atom. The molecule has 0 aliphatic heterocycles. The fourth-order valence-corrected chi connectivity index (χ4v) is 6.91. The van der Waals surface area contributed by atoms with E-state index in [9.17, 15) is 14.4 Å². The van der Waals surface area contributed by atoms with Crippen LogP contribution >= 0.6 is 23.1 Å². The van der Waals surface area contributed by atoms with Crippen molar-refractivity contribution < 1.29 is 9.59 Å². The summed E-state index contributed by atoms with van der Waals surface area (Å²) in [6.45, 7) is 9.79. The summed E-state index contributed by atoms with van der Waals surface area (Å²) in [5.74, 6) is 0.626. The lowest BCUT2D eigenvalue weighted by Gasteiger charge is -2.17. The van der Waals surface area contributed by atoms with E-state index in [-0.39, 0.29) is 22.9 Å². The standard InChI is InChI=1S/C23H27N3O3S2/c1-6-26-22(29)19-15-8-7-11(2)9-17(15)31-21(19)25-23(26)30-10-16(28)20-12(3)18(14(5)27)13(4)24-20/h11,24H,6-10H2,1-5H3/t11-/m0/s1. The fourth-order valence-electron chi connectivity index (χ4n) is 4.55. The van der Waals surface area contributed by atoms with E-state index in [1.165, 1.54) is 29.1 Å². The number of nitrogens with zero attached hydrogens (tertiary/aromatic N) is 2. The third kappa shape index (κ3) is 3.80. The second-order valence-electron chi connectivity index (χ2n) is 8.37. The minimum absolute atomic E-state index is 0.000247. The number of hydrogen-bond acceptors (Lipinski definition) is 6. The Bertz CT molecular complexity index is 1270. The zero-order chi connectivity index (χ0) is 22.4. The van der Waals surface area contributed by atoms with Crippen molar-refractivity contribution in [2.24, 2.45) is 5.92 Å². The number of aromatic nitrogens is 3. The van der Waals surface area contributed by atoms with Crippen molar-refractivity contribution >= 4 is 44.9 Å². The third-order valence-electron chi connectivity index (χ3n) is 6.10. The van der Waals surface area contributed by atoms with Crippen LogP contribution in [-0.4, -0.2) is 31.9 Å². The molecule has 164 valence electrons. The molecule has 3 aromatic heterocycles. The first-order valence-electron chi connectivity index (χ1n) is 10.6. The summed E-state index contributed by atoms with van der Waals surface area (Å²) in [6.07, 6.45) is 3.05. The average molecular weight is 458 g/mol. The van der Waals surface area contributed by atoms with E-state index in [1.54, 1.807) is 29.8 Å². The second-order valence-corrected chi connectivity index (χ2v) is 10.4. The maximum absolute atomic E-state index is 13.3. The second kappa shape index (κ2) is 8.39. The molecule has 8 heteroatoms. The number of thioether (sulfide) groups is 1. The highest BCUT2D eigenvalue weighted by molar-refractivity contribution is 7.99. The normalized spacial score (nSPS) is 16.0. The van der Waals surface area contributed by atoms with Crippen molar-refractivity contribution in [3.8, 4) is 0 Å². The predicted octanol–water partition coefficient (Wildman–Crippen LogP) is 4.73. The van der Waals surface area contributed by atoms with Crippen LogP contribution < -0.4 is 5.56 Å². The van der Waals surface area contributed by atoms with Gasteiger partial charge in [0, 0.05) is 22.7 Å². The molecule has 1 N–H and O–H groups in total. The first-order valence-corrected chi connectivity index (χ1v) is 12.4. The number of carbonyl (C=O) groups excluding carboxylic acids is 2. The molecule has 3 aromatic rings. The monoisotopic (exact) mass is 457 g/mol. The van der Waals surface area contributed by atoms with Gasteiger partial charge in [-0.2, -0.15) is 0 Å². The Morgan fingerprint density at radius 2 is 2.06 bits per heavy atom. The Morgan fingerprint density at radius 3 is 2.71 bits per heavy atom. The molecule has 0 saturated heterocycles. The van der Waals surface area contributed by atoms with Gasteiger partial charge in [-0.25, -0.2) is 4.98 Å². The van der Waals surface area contributed by atoms with Crippen LogP contribution in [0.1, 0.15) is 69.7 Å². The third-order valence-corrected chi connectivity index (χ3v) is 8.22. The lowest BCUT2D eigenvalue weighted by atomic mass is 9.89. The number of aromatic amines is 1. The summed E-state index contributed by atoms with van der Waals surface area (Å²) in [5, 5.41) is 1.35. The number of fused-ring (bicyclic) bond motifs is 3. The number of aryl methyl sites for hydroxylation is 2. The molecule has 0 radical (unpaired) electrons. The summed E-state index contributed by atoms with van der Waals surface area (Å²) in [7, 11) is 0. The van der Waals surface area contributed by atoms with Crippen molar-refractivity contribution in [3.63, 3.8) is 0 Å². The molecule has 0 amide bonds. The van der Waals surface area contributed by atoms with E-state index in [4.69, 9.17) is 4.98 Å². The maximum Gasteiger partial charge on any atom is 0.263 e. The number of thiophene rings is 1. The predicted molar refractivity (Wildman–Crippen MR) is 126 cm³/mol. The Kier molecular flexibility index (Phi) is 5.96. The number of nitrogens with one attached hydrogen (secondary N) is 1. The molecule has 1 atom stereocenters. The summed E-state index contributed by atoms with van der Waals surface area (Å²) in [6, 6.07) is 0. The van der Waals surface area contributed by atoms with E-state index in [0.717, 1.165) is 29.5 Å². The highest BCUT2D eigenvalue weighted by Crippen LogP contribution is 2.36. The van der Waals surface area contributed by atoms with Gasteiger partial charge < -0.3 is 4.98 Å². The van der Waals surface area contributed by atoms with Crippen molar-refractivity contribution in [2.75, 3.05) is 5.75 Å². The van der Waals surface area contributed by atoms with Crippen LogP contribution in [0.4, 0.5) is 0 Å². The zero-order valence-electron chi connectivity index (χ0n) is 18.5. The molecule has 4 rings (SSSR count). The van der Waals surface area contributed by atoms with Gasteiger partial charge in [-0.05, 0) is 64.0 Å². The zero-order valence-corrected chi connectivity index (χ0v) is 20.2. The first kappa shape index (κ1) is 22.0. The highest BCUT2D eigenvalue weighted by atomic mass is 32.2. The van der Waals surface area contributed by atoms with Gasteiger partial charge >= 0.3 is 0 Å². The summed E-state index contributed by atoms with van der Waals surface area (Å²) < 4.78 is 1.68. The average Bonchev–Trinajstić information content (AvgIpc) is 3.22. The molecule has 0 bridgehead atoms. The number of carbonyl (C=O) groups is 2. The topological polar surface area (TPSA) is 84.8 Å². The summed E-state index contributed by atoms with van der Waals surface area (Å²) >= 11 is 2.91. The molecule has 0 spiro atoms. The number of ketones is 2. The molecule has 0 saturated carbocycles. The maximum atomic E-state index is 13.3. The molecule has 3 heterocycles. The number of H-pyrrole nitrogens is 1. The molecule has 1 aliphatic rings. The molecule has 0 fully saturated rings. The van der Waals surface area contributed by atoms with Gasteiger partial charge in [0.2, 0.25) is 0 Å². The van der Waals surface area contributed by atoms with Crippen molar-refractivity contribution in [3.05, 3.63) is 43.3 Å². The number of Topliss-reactive ketones (excluding diaryl/α,β-unsaturated/α-hetero) is 2. The largest absolute Gasteiger partial charge is 0.355 e. The van der Waals surface area contributed by atoms with Gasteiger partial charge in [-0.15, -0.1) is 11.3 Å². The van der Waals surface area contributed by atoms with Crippen molar-refractivity contribution in [1.29, 1.82) is 0 Å². The van der Waals surface area contributed by atoms with E-state index in [1.807, 2.05) is 6.92 Å². The smallest absolute Gasteiger partial charge is 0.263 e. The number of hydrogen-bond donors (Lipinski definition) is 1. The molecule has 6 nitrogen and oxygen atoms in total. The first-order chi connectivity index (χ1) is 14.7. The van der Waals surface area contributed by atoms with Crippen molar-refractivity contribution in [2.45, 2.75) is 65.6 Å². The van der Waals surface area contributed by atoms with Crippen LogP contribution in [0.3, 0.4) is 0 Å². The van der Waals surface area contributed by atoms with Crippen molar-refractivity contribution in [1.82, 2.24) is 14.5 Å². The summed E-state index contributed by atoms with van der Waals surface area (Å²) in [5.41, 5.74) is 3.62. The summed E-state index contributed by atoms with van der Waals surface area (Å²) in [4.78, 5) is 48.0. The Labute approximate surface area is 189 Å². The van der Waals surface area contributed by atoms with Gasteiger partial charge in [-0.3, -0.25) is 19.0 Å². The quantitative estimate of drug-likeness (QED) is 0.329. The lowest BCUT2D eigenvalue weighted by molar-refractivity contribution is 0.101. The minimum Gasteiger partial charge on any atom is -0.355 e.